The van der Waals surface area contributed by atoms with Crippen molar-refractivity contribution >= 4 is 23.8 Å². The molecule has 1 saturated heterocycles. The number of nitrogens with one attached hydrogen (secondary N) is 1. The van der Waals surface area contributed by atoms with Crippen LogP contribution >= 0.6 is 0 Å². The average Bonchev–Trinajstić information content (AvgIpc) is 3.25. The van der Waals surface area contributed by atoms with E-state index in [2.05, 4.69) is 5.32 Å². The Bertz CT molecular complexity index is 935. The number of carbonyl (C=O) groups is 4. The Balaban J connectivity index is 1.60. The monoisotopic (exact) mass is 399 g/mol. The van der Waals surface area contributed by atoms with Crippen LogP contribution in [0.4, 0.5) is 4.79 Å². The Hall–Kier alpha value is -3.62. The van der Waals surface area contributed by atoms with E-state index in [0.29, 0.717) is 11.3 Å². The lowest BCUT2D eigenvalue weighted by molar-refractivity contribution is -0.134. The SMILES string of the molecule is Cc1ccc(CN(C)C(=O)COC(=O)c2ccccc2CN2C(=O)CNC2=O)o1. The molecule has 9 nitrogen and oxygen atoms in total. The van der Waals surface area contributed by atoms with Gasteiger partial charge in [0, 0.05) is 7.05 Å². The zero-order chi connectivity index (χ0) is 21.0. The van der Waals surface area contributed by atoms with Gasteiger partial charge < -0.3 is 19.4 Å². The van der Waals surface area contributed by atoms with Crippen LogP contribution in [0, 0.1) is 6.92 Å². The van der Waals surface area contributed by atoms with Crippen LogP contribution in [0.1, 0.15) is 27.4 Å². The molecular weight excluding hydrogens is 378 g/mol. The Morgan fingerprint density at radius 2 is 1.97 bits per heavy atom. The molecule has 9 heteroatoms. The van der Waals surface area contributed by atoms with Gasteiger partial charge in [-0.05, 0) is 30.7 Å². The number of furan rings is 1. The van der Waals surface area contributed by atoms with E-state index in [1.54, 1.807) is 37.4 Å². The second-order valence-electron chi connectivity index (χ2n) is 6.63. The lowest BCUT2D eigenvalue weighted by Crippen LogP contribution is -2.32. The molecule has 0 aliphatic carbocycles. The number of benzene rings is 1. The van der Waals surface area contributed by atoms with Crippen molar-refractivity contribution in [2.24, 2.45) is 0 Å². The standard InChI is InChI=1S/C20H21N3O6/c1-13-7-8-15(29-13)11-22(2)18(25)12-28-19(26)16-6-4-3-5-14(16)10-23-17(24)9-21-20(23)27/h3-8H,9-12H2,1-2H3,(H,21,27). The van der Waals surface area contributed by atoms with Gasteiger partial charge in [-0.3, -0.25) is 14.5 Å². The van der Waals surface area contributed by atoms with E-state index < -0.39 is 18.6 Å². The molecule has 1 aromatic carbocycles. The van der Waals surface area contributed by atoms with Gasteiger partial charge in [0.15, 0.2) is 6.61 Å². The zero-order valence-corrected chi connectivity index (χ0v) is 16.1. The van der Waals surface area contributed by atoms with E-state index in [-0.39, 0.29) is 37.0 Å². The van der Waals surface area contributed by atoms with Crippen LogP contribution < -0.4 is 5.32 Å². The summed E-state index contributed by atoms with van der Waals surface area (Å²) >= 11 is 0. The topological polar surface area (TPSA) is 109 Å². The first-order valence-corrected chi connectivity index (χ1v) is 8.97. The summed E-state index contributed by atoms with van der Waals surface area (Å²) in [5.41, 5.74) is 0.645. The van der Waals surface area contributed by atoms with E-state index >= 15 is 0 Å². The summed E-state index contributed by atoms with van der Waals surface area (Å²) in [5, 5.41) is 2.43. The van der Waals surface area contributed by atoms with Gasteiger partial charge in [-0.1, -0.05) is 18.2 Å². The van der Waals surface area contributed by atoms with Crippen LogP contribution in [0.2, 0.25) is 0 Å². The number of carbonyl (C=O) groups excluding carboxylic acids is 4. The van der Waals surface area contributed by atoms with Gasteiger partial charge in [0.1, 0.15) is 11.5 Å². The Morgan fingerprint density at radius 3 is 2.62 bits per heavy atom. The fourth-order valence-electron chi connectivity index (χ4n) is 2.85. The van der Waals surface area contributed by atoms with Crippen molar-refractivity contribution in [3.8, 4) is 0 Å². The van der Waals surface area contributed by atoms with Crippen molar-refractivity contribution in [3.63, 3.8) is 0 Å². The van der Waals surface area contributed by atoms with Crippen molar-refractivity contribution < 1.29 is 28.3 Å². The smallest absolute Gasteiger partial charge is 0.338 e. The molecule has 3 rings (SSSR count). The Kier molecular flexibility index (Phi) is 5.96. The van der Waals surface area contributed by atoms with E-state index in [1.807, 2.05) is 6.92 Å². The van der Waals surface area contributed by atoms with E-state index in [1.165, 1.54) is 11.0 Å². The third-order valence-electron chi connectivity index (χ3n) is 4.44. The minimum absolute atomic E-state index is 0.0539. The summed E-state index contributed by atoms with van der Waals surface area (Å²) in [6.07, 6.45) is 0. The third kappa shape index (κ3) is 4.81. The van der Waals surface area contributed by atoms with Crippen LogP contribution in [0.15, 0.2) is 40.8 Å². The third-order valence-corrected chi connectivity index (χ3v) is 4.44. The zero-order valence-electron chi connectivity index (χ0n) is 16.1. The normalized spacial score (nSPS) is 13.4. The summed E-state index contributed by atoms with van der Waals surface area (Å²) < 4.78 is 10.6. The van der Waals surface area contributed by atoms with Crippen LogP contribution in [-0.4, -0.2) is 53.8 Å². The Labute approximate surface area is 167 Å². The maximum absolute atomic E-state index is 12.5. The van der Waals surface area contributed by atoms with Gasteiger partial charge in [-0.25, -0.2) is 9.59 Å². The van der Waals surface area contributed by atoms with Gasteiger partial charge in [0.25, 0.3) is 5.91 Å². The van der Waals surface area contributed by atoms with Gasteiger partial charge in [-0.2, -0.15) is 0 Å². The summed E-state index contributed by atoms with van der Waals surface area (Å²) in [7, 11) is 1.58. The summed E-state index contributed by atoms with van der Waals surface area (Å²) in [4.78, 5) is 50.6. The second kappa shape index (κ2) is 8.59. The van der Waals surface area contributed by atoms with Gasteiger partial charge >= 0.3 is 12.0 Å². The van der Waals surface area contributed by atoms with Crippen LogP contribution in [0.25, 0.3) is 0 Å². The lowest BCUT2D eigenvalue weighted by atomic mass is 10.1. The average molecular weight is 399 g/mol. The molecule has 1 aliphatic heterocycles. The summed E-state index contributed by atoms with van der Waals surface area (Å²) in [6, 6.07) is 9.54. The van der Waals surface area contributed by atoms with Crippen molar-refractivity contribution in [1.82, 2.24) is 15.1 Å². The maximum Gasteiger partial charge on any atom is 0.338 e. The molecule has 152 valence electrons. The van der Waals surface area contributed by atoms with Gasteiger partial charge in [0.05, 0.1) is 25.2 Å². The highest BCUT2D eigenvalue weighted by atomic mass is 16.5. The highest BCUT2D eigenvalue weighted by Gasteiger charge is 2.29. The molecule has 0 atom stereocenters. The van der Waals surface area contributed by atoms with E-state index in [4.69, 9.17) is 9.15 Å². The molecule has 0 spiro atoms. The van der Waals surface area contributed by atoms with Crippen LogP contribution in [0.5, 0.6) is 0 Å². The van der Waals surface area contributed by atoms with Gasteiger partial charge in [0.2, 0.25) is 5.91 Å². The molecule has 0 saturated carbocycles. The minimum Gasteiger partial charge on any atom is -0.464 e. The summed E-state index contributed by atoms with van der Waals surface area (Å²) in [6.45, 7) is 1.51. The second-order valence-corrected chi connectivity index (χ2v) is 6.63. The predicted octanol–water partition coefficient (Wildman–Crippen LogP) is 1.46. The quantitative estimate of drug-likeness (QED) is 0.558. The number of esters is 1. The first-order chi connectivity index (χ1) is 13.8. The Morgan fingerprint density at radius 1 is 1.21 bits per heavy atom. The van der Waals surface area contributed by atoms with Crippen molar-refractivity contribution in [1.29, 1.82) is 0 Å². The van der Waals surface area contributed by atoms with Crippen molar-refractivity contribution in [2.45, 2.75) is 20.0 Å². The number of urea groups is 1. The molecular formula is C20H21N3O6. The maximum atomic E-state index is 12.5. The summed E-state index contributed by atoms with van der Waals surface area (Å²) in [5.74, 6) is -0.0944. The molecule has 1 aromatic heterocycles. The molecule has 1 aliphatic rings. The van der Waals surface area contributed by atoms with Crippen molar-refractivity contribution in [3.05, 3.63) is 59.0 Å². The number of hydrogen-bond acceptors (Lipinski definition) is 6. The molecule has 0 unspecified atom stereocenters. The predicted molar refractivity (Wildman–Crippen MR) is 101 cm³/mol. The van der Waals surface area contributed by atoms with E-state index in [9.17, 15) is 19.2 Å². The molecule has 0 bridgehead atoms. The molecule has 2 aromatic rings. The fourth-order valence-corrected chi connectivity index (χ4v) is 2.85. The number of likely N-dealkylation sites (N-methyl/N-ethyl adjacent to an activating group) is 1. The number of aryl methyl sites for hydroxylation is 1. The first-order valence-electron chi connectivity index (χ1n) is 8.97. The highest BCUT2D eigenvalue weighted by molar-refractivity contribution is 6.02. The molecule has 2 heterocycles. The van der Waals surface area contributed by atoms with E-state index in [0.717, 1.165) is 10.7 Å². The molecule has 1 N–H and O–H groups in total. The highest BCUT2D eigenvalue weighted by Crippen LogP contribution is 2.15. The lowest BCUT2D eigenvalue weighted by Gasteiger charge is -2.17. The molecule has 4 amide bonds. The fraction of sp³-hybridized carbons (Fsp3) is 0.300. The molecule has 29 heavy (non-hydrogen) atoms. The van der Waals surface area contributed by atoms with Crippen LogP contribution in [0.3, 0.4) is 0 Å². The van der Waals surface area contributed by atoms with Gasteiger partial charge in [-0.15, -0.1) is 0 Å². The van der Waals surface area contributed by atoms with Crippen LogP contribution in [-0.2, 0) is 27.4 Å². The molecule has 0 radical (unpaired) electrons. The number of rotatable bonds is 7. The number of nitrogens with zero attached hydrogens (tertiary/aromatic N) is 2. The largest absolute Gasteiger partial charge is 0.464 e. The number of hydrogen-bond donors (Lipinski definition) is 1. The minimum atomic E-state index is -0.705. The first kappa shape index (κ1) is 20.1. The molecule has 1 fully saturated rings. The number of amides is 4. The van der Waals surface area contributed by atoms with Crippen molar-refractivity contribution in [2.75, 3.05) is 20.2 Å². The number of imide groups is 1. The number of ether oxygens (including phenoxy) is 1.